The molecular formula is C21H34N2O4S. The molecule has 1 atom stereocenters. The molecule has 1 aliphatic heterocycles. The Kier molecular flexibility index (Phi) is 8.73. The van der Waals surface area contributed by atoms with E-state index in [0.717, 1.165) is 62.4 Å². The van der Waals surface area contributed by atoms with Gasteiger partial charge in [-0.2, -0.15) is 11.8 Å². The summed E-state index contributed by atoms with van der Waals surface area (Å²) in [7, 11) is 1.64. The maximum atomic E-state index is 10.3. The maximum Gasteiger partial charge on any atom is 0.161 e. The number of nitrogens with one attached hydrogen (secondary N) is 1. The Balaban J connectivity index is 1.45. The number of nitrogens with zero attached hydrogens (tertiary/aromatic N) is 1. The normalized spacial score (nSPS) is 24.7. The summed E-state index contributed by atoms with van der Waals surface area (Å²) in [5, 5.41) is 23.5. The lowest BCUT2D eigenvalue weighted by atomic mass is 9.93. The molecule has 7 heteroatoms. The highest BCUT2D eigenvalue weighted by molar-refractivity contribution is 7.99. The largest absolute Gasteiger partial charge is 0.493 e. The summed E-state index contributed by atoms with van der Waals surface area (Å²) >= 11 is 1.97. The molecule has 0 aromatic heterocycles. The summed E-state index contributed by atoms with van der Waals surface area (Å²) in [5.74, 6) is 3.64. The molecule has 0 amide bonds. The van der Waals surface area contributed by atoms with Crippen molar-refractivity contribution in [2.75, 3.05) is 44.9 Å². The molecule has 1 aromatic rings. The fourth-order valence-corrected chi connectivity index (χ4v) is 4.78. The zero-order valence-electron chi connectivity index (χ0n) is 16.8. The highest BCUT2D eigenvalue weighted by Crippen LogP contribution is 2.28. The Hall–Kier alpha value is -0.990. The molecule has 28 heavy (non-hydrogen) atoms. The Morgan fingerprint density at radius 3 is 2.64 bits per heavy atom. The zero-order valence-corrected chi connectivity index (χ0v) is 17.6. The number of aliphatic hydroxyl groups excluding tert-OH is 2. The second kappa shape index (κ2) is 11.3. The van der Waals surface area contributed by atoms with Gasteiger partial charge >= 0.3 is 0 Å². The Labute approximate surface area is 172 Å². The van der Waals surface area contributed by atoms with E-state index in [4.69, 9.17) is 9.47 Å². The Bertz CT molecular complexity index is 590. The zero-order chi connectivity index (χ0) is 19.8. The van der Waals surface area contributed by atoms with Crippen LogP contribution < -0.4 is 14.8 Å². The van der Waals surface area contributed by atoms with Crippen molar-refractivity contribution in [2.24, 2.45) is 0 Å². The van der Waals surface area contributed by atoms with Crippen LogP contribution in [-0.2, 0) is 6.54 Å². The van der Waals surface area contributed by atoms with Crippen molar-refractivity contribution in [3.63, 3.8) is 0 Å². The number of hydrogen-bond donors (Lipinski definition) is 3. The minimum absolute atomic E-state index is 0.126. The van der Waals surface area contributed by atoms with Crippen LogP contribution in [0.5, 0.6) is 11.5 Å². The monoisotopic (exact) mass is 410 g/mol. The van der Waals surface area contributed by atoms with E-state index in [2.05, 4.69) is 10.2 Å². The average Bonchev–Trinajstić information content (AvgIpc) is 2.73. The number of thioether (sulfide) groups is 1. The lowest BCUT2D eigenvalue weighted by molar-refractivity contribution is 0.0705. The van der Waals surface area contributed by atoms with Gasteiger partial charge in [0.05, 0.1) is 13.2 Å². The average molecular weight is 411 g/mol. The van der Waals surface area contributed by atoms with Crippen molar-refractivity contribution in [3.8, 4) is 11.5 Å². The number of hydrogen-bond acceptors (Lipinski definition) is 7. The molecule has 1 saturated heterocycles. The van der Waals surface area contributed by atoms with Crippen LogP contribution in [0.25, 0.3) is 0 Å². The molecule has 0 spiro atoms. The molecule has 6 nitrogen and oxygen atoms in total. The molecule has 1 aromatic carbocycles. The van der Waals surface area contributed by atoms with Crippen LogP contribution in [-0.4, -0.2) is 78.2 Å². The van der Waals surface area contributed by atoms with Gasteiger partial charge in [-0.05, 0) is 43.4 Å². The van der Waals surface area contributed by atoms with Crippen molar-refractivity contribution < 1.29 is 19.7 Å². The molecule has 2 aliphatic rings. The summed E-state index contributed by atoms with van der Waals surface area (Å²) in [6.07, 6.45) is 3.17. The van der Waals surface area contributed by atoms with E-state index in [0.29, 0.717) is 24.1 Å². The SMILES string of the molecule is COc1cc(CNC2CCC(O)CC2)ccc1OC[C@@H](O)CN1CCSCC1. The van der Waals surface area contributed by atoms with E-state index in [1.807, 2.05) is 30.0 Å². The van der Waals surface area contributed by atoms with Crippen LogP contribution in [0.15, 0.2) is 18.2 Å². The molecule has 0 unspecified atom stereocenters. The molecule has 0 radical (unpaired) electrons. The van der Waals surface area contributed by atoms with E-state index in [-0.39, 0.29) is 12.7 Å². The van der Waals surface area contributed by atoms with Gasteiger partial charge in [-0.15, -0.1) is 0 Å². The van der Waals surface area contributed by atoms with Gasteiger partial charge in [0.1, 0.15) is 12.7 Å². The van der Waals surface area contributed by atoms with Gasteiger partial charge in [0.25, 0.3) is 0 Å². The summed E-state index contributed by atoms with van der Waals surface area (Å²) in [6, 6.07) is 6.42. The minimum Gasteiger partial charge on any atom is -0.493 e. The number of methoxy groups -OCH3 is 1. The number of ether oxygens (including phenoxy) is 2. The number of rotatable bonds is 9. The van der Waals surface area contributed by atoms with Crippen LogP contribution in [0.4, 0.5) is 0 Å². The molecule has 1 saturated carbocycles. The standard InChI is InChI=1S/C21H34N2O4S/c1-26-21-12-16(13-22-17-3-5-18(24)6-4-17)2-7-20(21)27-15-19(25)14-23-8-10-28-11-9-23/h2,7,12,17-19,22,24-25H,3-6,8-11,13-15H2,1H3/t17?,18?,19-/m0/s1. The van der Waals surface area contributed by atoms with Gasteiger partial charge in [-0.3, -0.25) is 4.90 Å². The predicted octanol–water partition coefficient (Wildman–Crippen LogP) is 1.88. The van der Waals surface area contributed by atoms with Crippen molar-refractivity contribution in [1.29, 1.82) is 0 Å². The summed E-state index contributed by atoms with van der Waals surface area (Å²) in [4.78, 5) is 2.29. The molecular weight excluding hydrogens is 376 g/mol. The van der Waals surface area contributed by atoms with E-state index in [1.165, 1.54) is 0 Å². The topological polar surface area (TPSA) is 74.2 Å². The highest BCUT2D eigenvalue weighted by atomic mass is 32.2. The predicted molar refractivity (Wildman–Crippen MR) is 113 cm³/mol. The number of benzene rings is 1. The molecule has 1 heterocycles. The molecule has 2 fully saturated rings. The second-order valence-electron chi connectivity index (χ2n) is 7.75. The molecule has 0 bridgehead atoms. The van der Waals surface area contributed by atoms with Crippen LogP contribution in [0, 0.1) is 0 Å². The maximum absolute atomic E-state index is 10.3. The first-order valence-electron chi connectivity index (χ1n) is 10.3. The van der Waals surface area contributed by atoms with Gasteiger partial charge < -0.3 is 25.0 Å². The number of aliphatic hydroxyl groups is 2. The third-order valence-electron chi connectivity index (χ3n) is 5.52. The minimum atomic E-state index is -0.504. The van der Waals surface area contributed by atoms with Crippen molar-refractivity contribution in [3.05, 3.63) is 23.8 Å². The van der Waals surface area contributed by atoms with Crippen molar-refractivity contribution in [1.82, 2.24) is 10.2 Å². The molecule has 3 N–H and O–H groups in total. The third-order valence-corrected chi connectivity index (χ3v) is 6.47. The van der Waals surface area contributed by atoms with Gasteiger partial charge in [0.15, 0.2) is 11.5 Å². The van der Waals surface area contributed by atoms with Crippen LogP contribution >= 0.6 is 11.8 Å². The number of β-amino-alcohol motifs (C(OH)–C–C–N with tert-alkyl or cyclic N) is 1. The quantitative estimate of drug-likeness (QED) is 0.574. The summed E-state index contributed by atoms with van der Waals surface area (Å²) in [5.41, 5.74) is 1.14. The summed E-state index contributed by atoms with van der Waals surface area (Å²) < 4.78 is 11.3. The van der Waals surface area contributed by atoms with E-state index >= 15 is 0 Å². The molecule has 158 valence electrons. The van der Waals surface area contributed by atoms with Gasteiger partial charge in [0.2, 0.25) is 0 Å². The van der Waals surface area contributed by atoms with Gasteiger partial charge in [0, 0.05) is 43.7 Å². The fourth-order valence-electron chi connectivity index (χ4n) is 3.80. The smallest absolute Gasteiger partial charge is 0.161 e. The van der Waals surface area contributed by atoms with Crippen LogP contribution in [0.2, 0.25) is 0 Å². The van der Waals surface area contributed by atoms with Crippen molar-refractivity contribution in [2.45, 2.75) is 50.5 Å². The van der Waals surface area contributed by atoms with Crippen LogP contribution in [0.3, 0.4) is 0 Å². The van der Waals surface area contributed by atoms with Crippen molar-refractivity contribution >= 4 is 11.8 Å². The first-order valence-corrected chi connectivity index (χ1v) is 11.5. The first kappa shape index (κ1) is 21.7. The Morgan fingerprint density at radius 1 is 1.18 bits per heavy atom. The Morgan fingerprint density at radius 2 is 1.93 bits per heavy atom. The highest BCUT2D eigenvalue weighted by Gasteiger charge is 2.19. The van der Waals surface area contributed by atoms with E-state index < -0.39 is 6.10 Å². The van der Waals surface area contributed by atoms with Gasteiger partial charge in [-0.1, -0.05) is 6.07 Å². The third kappa shape index (κ3) is 6.81. The van der Waals surface area contributed by atoms with Crippen LogP contribution in [0.1, 0.15) is 31.2 Å². The fraction of sp³-hybridized carbons (Fsp3) is 0.714. The van der Waals surface area contributed by atoms with E-state index in [9.17, 15) is 10.2 Å². The lowest BCUT2D eigenvalue weighted by Crippen LogP contribution is -2.40. The van der Waals surface area contributed by atoms with Gasteiger partial charge in [-0.25, -0.2) is 0 Å². The second-order valence-corrected chi connectivity index (χ2v) is 8.97. The molecule has 1 aliphatic carbocycles. The molecule has 3 rings (SSSR count). The van der Waals surface area contributed by atoms with E-state index in [1.54, 1.807) is 7.11 Å². The first-order chi connectivity index (χ1) is 13.6. The lowest BCUT2D eigenvalue weighted by Gasteiger charge is -2.28. The summed E-state index contributed by atoms with van der Waals surface area (Å²) in [6.45, 7) is 3.76.